The third kappa shape index (κ3) is 10.6. The average molecular weight is 926 g/mol. The summed E-state index contributed by atoms with van der Waals surface area (Å²) in [6.07, 6.45) is 4.65. The lowest BCUT2D eigenvalue weighted by Gasteiger charge is -2.27. The van der Waals surface area contributed by atoms with Gasteiger partial charge in [-0.3, -0.25) is 29.0 Å². The maximum Gasteiger partial charge on any atom is 0.260 e. The first-order valence-corrected chi connectivity index (χ1v) is 29.7. The first-order chi connectivity index (χ1) is 30.9. The molecule has 0 saturated carbocycles. The first-order valence-electron chi connectivity index (χ1n) is 22.2. The van der Waals surface area contributed by atoms with Crippen molar-refractivity contribution in [3.8, 4) is 23.0 Å². The topological polar surface area (TPSA) is 163 Å². The molecular formula is C48H63N5O10Si2. The Hall–Kier alpha value is -5.63. The van der Waals surface area contributed by atoms with Crippen LogP contribution in [0.1, 0.15) is 52.5 Å². The van der Waals surface area contributed by atoms with E-state index in [2.05, 4.69) is 39.3 Å². The molecule has 3 aromatic carbocycles. The highest BCUT2D eigenvalue weighted by Gasteiger charge is 2.44. The number of methoxy groups -OCH3 is 2. The minimum absolute atomic E-state index is 0.00587. The highest BCUT2D eigenvalue weighted by Crippen LogP contribution is 2.43. The fraction of sp³-hybridized carbons (Fsp3) is 0.458. The van der Waals surface area contributed by atoms with Gasteiger partial charge in [-0.1, -0.05) is 57.0 Å². The molecule has 2 atom stereocenters. The Morgan fingerprint density at radius 2 is 1.12 bits per heavy atom. The molecule has 0 fully saturated rings. The zero-order chi connectivity index (χ0) is 46.8. The zero-order valence-electron chi connectivity index (χ0n) is 39.2. The van der Waals surface area contributed by atoms with E-state index in [0.29, 0.717) is 78.1 Å². The van der Waals surface area contributed by atoms with E-state index in [1.807, 2.05) is 25.1 Å². The van der Waals surface area contributed by atoms with Gasteiger partial charge in [0.2, 0.25) is 0 Å². The number of hydrogen-bond acceptors (Lipinski definition) is 11. The fourth-order valence-electron chi connectivity index (χ4n) is 8.21. The van der Waals surface area contributed by atoms with E-state index in [1.54, 1.807) is 47.6 Å². The van der Waals surface area contributed by atoms with Crippen molar-refractivity contribution in [3.05, 3.63) is 83.2 Å². The molecule has 0 aromatic heterocycles. The molecule has 0 aliphatic carbocycles. The van der Waals surface area contributed by atoms with E-state index >= 15 is 0 Å². The number of carbonyl (C=O) groups excluding carboxylic acids is 4. The van der Waals surface area contributed by atoms with Gasteiger partial charge in [-0.15, -0.1) is 0 Å². The van der Waals surface area contributed by atoms with Crippen molar-refractivity contribution in [1.82, 2.24) is 9.80 Å². The molecule has 4 amide bonds. The van der Waals surface area contributed by atoms with Crippen LogP contribution < -0.4 is 34.5 Å². The summed E-state index contributed by atoms with van der Waals surface area (Å²) in [6.45, 7) is 16.8. The second-order valence-electron chi connectivity index (χ2n) is 19.4. The van der Waals surface area contributed by atoms with Crippen LogP contribution in [0.3, 0.4) is 0 Å². The second-order valence-corrected chi connectivity index (χ2v) is 30.7. The van der Waals surface area contributed by atoms with Crippen LogP contribution in [-0.4, -0.2) is 116 Å². The Morgan fingerprint density at radius 3 is 1.60 bits per heavy atom. The van der Waals surface area contributed by atoms with E-state index in [1.165, 1.54) is 28.9 Å². The van der Waals surface area contributed by atoms with Gasteiger partial charge in [0.25, 0.3) is 23.6 Å². The number of carbonyl (C=O) groups is 4. The molecule has 4 aliphatic heterocycles. The van der Waals surface area contributed by atoms with Crippen LogP contribution in [0.5, 0.6) is 23.0 Å². The number of rotatable bonds is 19. The molecule has 4 aliphatic rings. The molecule has 7 rings (SSSR count). The van der Waals surface area contributed by atoms with Crippen molar-refractivity contribution < 1.29 is 47.6 Å². The van der Waals surface area contributed by atoms with Crippen molar-refractivity contribution >= 4 is 62.4 Å². The molecule has 3 aromatic rings. The van der Waals surface area contributed by atoms with Gasteiger partial charge in [-0.05, 0) is 60.8 Å². The van der Waals surface area contributed by atoms with Gasteiger partial charge in [0.1, 0.15) is 25.5 Å². The number of fused-ring (bicyclic) bond motifs is 4. The number of hydrogen-bond donors (Lipinski definition) is 1. The molecule has 0 bridgehead atoms. The lowest BCUT2D eigenvalue weighted by atomic mass is 10.0. The first kappa shape index (κ1) is 47.3. The molecule has 65 heavy (non-hydrogen) atoms. The summed E-state index contributed by atoms with van der Waals surface area (Å²) in [5.41, 5.74) is 10.7. The van der Waals surface area contributed by atoms with Gasteiger partial charge in [-0.2, -0.15) is 0 Å². The SMILES string of the molecule is COc1cc2c(cc1OCCCOc1cc3c(cc1OC)C(=O)N1C=C(c4cccc(N)c4)C[C@H]1C(=O)N3COCC[Si](C)(C)C)N(COCC[Si](C)(C)C)C(=O)[C@@H]1CC(C)=CN1C2=O. The quantitative estimate of drug-likeness (QED) is 0.0709. The Balaban J connectivity index is 1.10. The van der Waals surface area contributed by atoms with Gasteiger partial charge in [0.15, 0.2) is 23.0 Å². The fourth-order valence-corrected chi connectivity index (χ4v) is 9.72. The van der Waals surface area contributed by atoms with E-state index < -0.39 is 28.2 Å². The molecule has 0 radical (unpaired) electrons. The van der Waals surface area contributed by atoms with E-state index in [9.17, 15) is 19.2 Å². The minimum Gasteiger partial charge on any atom is -0.493 e. The number of nitrogens with two attached hydrogens (primary N) is 1. The van der Waals surface area contributed by atoms with Gasteiger partial charge in [-0.25, -0.2) is 0 Å². The highest BCUT2D eigenvalue weighted by atomic mass is 28.3. The van der Waals surface area contributed by atoms with Crippen LogP contribution in [0.2, 0.25) is 51.4 Å². The van der Waals surface area contributed by atoms with Crippen LogP contribution in [0.15, 0.2) is 66.5 Å². The van der Waals surface area contributed by atoms with Crippen molar-refractivity contribution in [2.45, 2.75) is 89.6 Å². The highest BCUT2D eigenvalue weighted by molar-refractivity contribution is 6.76. The molecular weight excluding hydrogens is 863 g/mol. The Kier molecular flexibility index (Phi) is 14.2. The number of ether oxygens (including phenoxy) is 6. The van der Waals surface area contributed by atoms with Crippen molar-refractivity contribution in [1.29, 1.82) is 0 Å². The molecule has 0 spiro atoms. The monoisotopic (exact) mass is 925 g/mol. The Labute approximate surface area is 384 Å². The standard InChI is InChI=1S/C48H63N5O10Si2/c1-31-20-39-47(56)52(29-60-16-18-64(4,5)6)37-25-43(41(58-2)23-35(37)45(54)50(39)27-31)62-14-11-15-63-44-26-38-36(24-42(44)59-3)46(55)51-28-33(32-12-10-13-34(49)21-32)22-40(51)48(57)53(38)30-61-17-19-65(7,8)9/h10,12-13,21,23-28,39-40H,11,14-20,22,29-30,49H2,1-9H3/t39-,40-/m0/s1. The molecule has 348 valence electrons. The smallest absolute Gasteiger partial charge is 0.260 e. The van der Waals surface area contributed by atoms with Crippen LogP contribution in [0.4, 0.5) is 17.1 Å². The minimum atomic E-state index is -1.43. The molecule has 15 nitrogen and oxygen atoms in total. The predicted molar refractivity (Wildman–Crippen MR) is 256 cm³/mol. The molecule has 17 heteroatoms. The molecule has 2 N–H and O–H groups in total. The largest absolute Gasteiger partial charge is 0.493 e. The number of nitrogen functional groups attached to an aromatic ring is 1. The van der Waals surface area contributed by atoms with Gasteiger partial charge in [0.05, 0.1) is 49.9 Å². The summed E-state index contributed by atoms with van der Waals surface area (Å²) in [7, 11) is 0.177. The van der Waals surface area contributed by atoms with Crippen LogP contribution in [0, 0.1) is 0 Å². The van der Waals surface area contributed by atoms with Gasteiger partial charge < -0.3 is 44.0 Å². The normalized spacial score (nSPS) is 18.4. The maximum atomic E-state index is 14.5. The lowest BCUT2D eigenvalue weighted by Crippen LogP contribution is -2.45. The van der Waals surface area contributed by atoms with Crippen molar-refractivity contribution in [2.24, 2.45) is 0 Å². The Morgan fingerprint density at radius 1 is 0.631 bits per heavy atom. The summed E-state index contributed by atoms with van der Waals surface area (Å²) in [6, 6.07) is 14.4. The Bertz CT molecular complexity index is 2390. The lowest BCUT2D eigenvalue weighted by molar-refractivity contribution is -0.123. The van der Waals surface area contributed by atoms with Crippen LogP contribution >= 0.6 is 0 Å². The second kappa shape index (κ2) is 19.5. The summed E-state index contributed by atoms with van der Waals surface area (Å²) >= 11 is 0. The number of amides is 4. The van der Waals surface area contributed by atoms with E-state index in [-0.39, 0.29) is 55.9 Å². The summed E-state index contributed by atoms with van der Waals surface area (Å²) in [5.74, 6) is 0.212. The third-order valence-electron chi connectivity index (χ3n) is 11.9. The summed E-state index contributed by atoms with van der Waals surface area (Å²) in [4.78, 5) is 63.0. The van der Waals surface area contributed by atoms with Crippen LogP contribution in [0.25, 0.3) is 5.57 Å². The van der Waals surface area contributed by atoms with Crippen molar-refractivity contribution in [3.63, 3.8) is 0 Å². The number of benzene rings is 3. The van der Waals surface area contributed by atoms with E-state index in [4.69, 9.17) is 34.2 Å². The van der Waals surface area contributed by atoms with Crippen LogP contribution in [-0.2, 0) is 19.1 Å². The van der Waals surface area contributed by atoms with Gasteiger partial charge in [0, 0.05) is 72.4 Å². The predicted octanol–water partition coefficient (Wildman–Crippen LogP) is 7.83. The number of anilines is 3. The summed E-state index contributed by atoms with van der Waals surface area (Å²) < 4.78 is 36.3. The van der Waals surface area contributed by atoms with Crippen molar-refractivity contribution in [2.75, 3.05) is 69.6 Å². The third-order valence-corrected chi connectivity index (χ3v) is 15.3. The number of nitrogens with zero attached hydrogens (tertiary/aromatic N) is 4. The molecule has 4 heterocycles. The molecule has 0 saturated heterocycles. The molecule has 0 unspecified atom stereocenters. The van der Waals surface area contributed by atoms with Gasteiger partial charge >= 0.3 is 0 Å². The van der Waals surface area contributed by atoms with E-state index in [0.717, 1.165) is 28.8 Å². The maximum absolute atomic E-state index is 14.5. The zero-order valence-corrected chi connectivity index (χ0v) is 41.2. The average Bonchev–Trinajstić information content (AvgIpc) is 3.86. The summed E-state index contributed by atoms with van der Waals surface area (Å²) in [5, 5.41) is 0.